The lowest BCUT2D eigenvalue weighted by Gasteiger charge is -2.16. The summed E-state index contributed by atoms with van der Waals surface area (Å²) in [5, 5.41) is 3.22. The molecule has 0 unspecified atom stereocenters. The molecule has 0 fully saturated rings. The molecule has 0 amide bonds. The number of ketones is 2. The van der Waals surface area contributed by atoms with E-state index in [2.05, 4.69) is 31.3 Å². The van der Waals surface area contributed by atoms with Crippen LogP contribution in [0.1, 0.15) is 38.7 Å². The highest BCUT2D eigenvalue weighted by atomic mass is 16.2. The van der Waals surface area contributed by atoms with Gasteiger partial charge in [-0.05, 0) is 41.7 Å². The van der Waals surface area contributed by atoms with Gasteiger partial charge in [-0.1, -0.05) is 32.9 Å². The van der Waals surface area contributed by atoms with Crippen LogP contribution in [0.4, 0.5) is 5.69 Å². The standard InChI is InChI=1S/C17H19NO2/c1-4-12-9-16(19)17(20)10-15(12)18-14-7-5-13(6-8-14)11(2)3/h5-11,18H,4H2,1-3H3. The van der Waals surface area contributed by atoms with Crippen LogP contribution in [0.15, 0.2) is 47.7 Å². The SMILES string of the molecule is CCC1=CC(=O)C(=O)C=C1Nc1ccc(C(C)C)cc1. The minimum absolute atomic E-state index is 0.442. The monoisotopic (exact) mass is 269 g/mol. The van der Waals surface area contributed by atoms with Gasteiger partial charge in [0.1, 0.15) is 0 Å². The van der Waals surface area contributed by atoms with E-state index in [4.69, 9.17) is 0 Å². The number of carbonyl (C=O) groups is 2. The van der Waals surface area contributed by atoms with Crippen molar-refractivity contribution >= 4 is 17.3 Å². The van der Waals surface area contributed by atoms with E-state index in [1.165, 1.54) is 17.7 Å². The molecule has 1 aliphatic rings. The summed E-state index contributed by atoms with van der Waals surface area (Å²) in [6.45, 7) is 6.26. The van der Waals surface area contributed by atoms with Crippen molar-refractivity contribution in [2.75, 3.05) is 5.32 Å². The first kappa shape index (κ1) is 14.3. The van der Waals surface area contributed by atoms with Gasteiger partial charge in [-0.2, -0.15) is 0 Å². The maximum Gasteiger partial charge on any atom is 0.227 e. The van der Waals surface area contributed by atoms with Gasteiger partial charge in [0.05, 0.1) is 0 Å². The molecule has 1 aromatic carbocycles. The Kier molecular flexibility index (Phi) is 4.18. The fourth-order valence-corrected chi connectivity index (χ4v) is 2.12. The van der Waals surface area contributed by atoms with Crippen molar-refractivity contribution in [1.82, 2.24) is 0 Å². The summed E-state index contributed by atoms with van der Waals surface area (Å²) in [6.07, 6.45) is 3.52. The van der Waals surface area contributed by atoms with E-state index < -0.39 is 11.6 Å². The van der Waals surface area contributed by atoms with E-state index in [9.17, 15) is 9.59 Å². The highest BCUT2D eigenvalue weighted by Crippen LogP contribution is 2.23. The first-order valence-corrected chi connectivity index (χ1v) is 6.89. The molecule has 2 rings (SSSR count). The number of allylic oxidation sites excluding steroid dienone is 3. The molecular formula is C17H19NO2. The van der Waals surface area contributed by atoms with E-state index in [1.807, 2.05) is 19.1 Å². The number of anilines is 1. The Morgan fingerprint density at radius 3 is 2.15 bits per heavy atom. The molecule has 0 aromatic heterocycles. The van der Waals surface area contributed by atoms with Crippen molar-refractivity contribution in [1.29, 1.82) is 0 Å². The minimum Gasteiger partial charge on any atom is -0.355 e. The Morgan fingerprint density at radius 1 is 1.00 bits per heavy atom. The van der Waals surface area contributed by atoms with Crippen LogP contribution < -0.4 is 5.32 Å². The van der Waals surface area contributed by atoms with Gasteiger partial charge in [0, 0.05) is 17.5 Å². The average Bonchev–Trinajstić information content (AvgIpc) is 2.43. The molecule has 0 aliphatic heterocycles. The second-order valence-corrected chi connectivity index (χ2v) is 5.21. The van der Waals surface area contributed by atoms with Gasteiger partial charge in [0.2, 0.25) is 11.6 Å². The Labute approximate surface area is 119 Å². The van der Waals surface area contributed by atoms with Crippen LogP contribution in [-0.4, -0.2) is 11.6 Å². The molecule has 0 radical (unpaired) electrons. The van der Waals surface area contributed by atoms with Gasteiger partial charge in [0.15, 0.2) is 0 Å². The van der Waals surface area contributed by atoms with Crippen LogP contribution in [0.2, 0.25) is 0 Å². The molecule has 3 heteroatoms. The molecule has 0 spiro atoms. The fourth-order valence-electron chi connectivity index (χ4n) is 2.12. The Bertz CT molecular complexity index is 592. The largest absolute Gasteiger partial charge is 0.355 e. The van der Waals surface area contributed by atoms with E-state index in [1.54, 1.807) is 0 Å². The summed E-state index contributed by atoms with van der Waals surface area (Å²) >= 11 is 0. The Hall–Kier alpha value is -2.16. The zero-order chi connectivity index (χ0) is 14.7. The summed E-state index contributed by atoms with van der Waals surface area (Å²) in [5.74, 6) is -0.422. The number of hydrogen-bond donors (Lipinski definition) is 1. The molecule has 104 valence electrons. The second-order valence-electron chi connectivity index (χ2n) is 5.21. The topological polar surface area (TPSA) is 46.2 Å². The molecule has 0 bridgehead atoms. The molecule has 3 nitrogen and oxygen atoms in total. The number of hydrogen-bond acceptors (Lipinski definition) is 3. The van der Waals surface area contributed by atoms with Crippen LogP contribution in [0.3, 0.4) is 0 Å². The van der Waals surface area contributed by atoms with Crippen molar-refractivity contribution in [3.63, 3.8) is 0 Å². The third kappa shape index (κ3) is 3.05. The van der Waals surface area contributed by atoms with E-state index >= 15 is 0 Å². The van der Waals surface area contributed by atoms with Crippen LogP contribution in [0, 0.1) is 0 Å². The van der Waals surface area contributed by atoms with Crippen LogP contribution in [0.25, 0.3) is 0 Å². The van der Waals surface area contributed by atoms with E-state index in [0.29, 0.717) is 12.3 Å². The zero-order valence-electron chi connectivity index (χ0n) is 12.1. The van der Waals surface area contributed by atoms with E-state index in [0.717, 1.165) is 17.0 Å². The lowest BCUT2D eigenvalue weighted by atomic mass is 9.99. The highest BCUT2D eigenvalue weighted by Gasteiger charge is 2.19. The predicted octanol–water partition coefficient (Wildman–Crippen LogP) is 3.59. The lowest BCUT2D eigenvalue weighted by molar-refractivity contribution is -0.131. The van der Waals surface area contributed by atoms with Crippen molar-refractivity contribution < 1.29 is 9.59 Å². The third-order valence-corrected chi connectivity index (χ3v) is 3.41. The first-order chi connectivity index (χ1) is 9.51. The molecule has 1 aromatic rings. The summed E-state index contributed by atoms with van der Waals surface area (Å²) in [4.78, 5) is 22.9. The number of nitrogens with one attached hydrogen (secondary N) is 1. The molecule has 0 heterocycles. The van der Waals surface area contributed by atoms with Crippen LogP contribution >= 0.6 is 0 Å². The molecule has 0 saturated carbocycles. The highest BCUT2D eigenvalue weighted by molar-refractivity contribution is 6.46. The Morgan fingerprint density at radius 2 is 1.60 bits per heavy atom. The maximum absolute atomic E-state index is 11.5. The van der Waals surface area contributed by atoms with Gasteiger partial charge >= 0.3 is 0 Å². The quantitative estimate of drug-likeness (QED) is 0.671. The smallest absolute Gasteiger partial charge is 0.227 e. The molecule has 0 saturated heterocycles. The van der Waals surface area contributed by atoms with Gasteiger partial charge in [-0.3, -0.25) is 9.59 Å². The molecule has 1 aliphatic carbocycles. The molecule has 0 atom stereocenters. The Balaban J connectivity index is 2.20. The summed E-state index contributed by atoms with van der Waals surface area (Å²) in [5.41, 5.74) is 3.77. The predicted molar refractivity (Wildman–Crippen MR) is 80.6 cm³/mol. The second kappa shape index (κ2) is 5.87. The normalized spacial score (nSPS) is 15.2. The fraction of sp³-hybridized carbons (Fsp3) is 0.294. The third-order valence-electron chi connectivity index (χ3n) is 3.41. The average molecular weight is 269 g/mol. The lowest BCUT2D eigenvalue weighted by Crippen LogP contribution is -2.18. The van der Waals surface area contributed by atoms with Crippen molar-refractivity contribution in [2.45, 2.75) is 33.1 Å². The van der Waals surface area contributed by atoms with Gasteiger partial charge in [-0.25, -0.2) is 0 Å². The number of rotatable bonds is 4. The van der Waals surface area contributed by atoms with Gasteiger partial charge in [-0.15, -0.1) is 0 Å². The maximum atomic E-state index is 11.5. The zero-order valence-corrected chi connectivity index (χ0v) is 12.1. The van der Waals surface area contributed by atoms with Gasteiger partial charge in [0.25, 0.3) is 0 Å². The van der Waals surface area contributed by atoms with Crippen molar-refractivity contribution in [3.8, 4) is 0 Å². The first-order valence-electron chi connectivity index (χ1n) is 6.89. The minimum atomic E-state index is -0.469. The summed E-state index contributed by atoms with van der Waals surface area (Å²) < 4.78 is 0. The molecule has 1 N–H and O–H groups in total. The van der Waals surface area contributed by atoms with Crippen molar-refractivity contribution in [2.24, 2.45) is 0 Å². The number of benzene rings is 1. The van der Waals surface area contributed by atoms with Crippen molar-refractivity contribution in [3.05, 3.63) is 53.3 Å². The van der Waals surface area contributed by atoms with Crippen LogP contribution in [-0.2, 0) is 9.59 Å². The van der Waals surface area contributed by atoms with Crippen LogP contribution in [0.5, 0.6) is 0 Å². The molecule has 20 heavy (non-hydrogen) atoms. The summed E-state index contributed by atoms with van der Waals surface area (Å²) in [6, 6.07) is 8.12. The molecular weight excluding hydrogens is 250 g/mol. The summed E-state index contributed by atoms with van der Waals surface area (Å²) in [7, 11) is 0. The number of carbonyl (C=O) groups excluding carboxylic acids is 2. The van der Waals surface area contributed by atoms with Gasteiger partial charge < -0.3 is 5.32 Å². The van der Waals surface area contributed by atoms with E-state index in [-0.39, 0.29) is 0 Å².